The standard InChI is InChI=1S/C9H5Cl2FO2/c1-5(12)9(13)14-8-3-6(10)2-7(11)4-8/h2-4H,1H2. The van der Waals surface area contributed by atoms with Gasteiger partial charge in [-0.15, -0.1) is 0 Å². The van der Waals surface area contributed by atoms with E-state index in [9.17, 15) is 9.18 Å². The van der Waals surface area contributed by atoms with Gasteiger partial charge in [0, 0.05) is 10.0 Å². The first kappa shape index (κ1) is 11.0. The number of hydrogen-bond acceptors (Lipinski definition) is 2. The molecule has 1 aromatic carbocycles. The molecule has 1 rings (SSSR count). The first-order valence-electron chi connectivity index (χ1n) is 3.51. The Bertz CT molecular complexity index is 370. The van der Waals surface area contributed by atoms with Gasteiger partial charge in [0.1, 0.15) is 5.75 Å². The van der Waals surface area contributed by atoms with Crippen LogP contribution in [-0.2, 0) is 4.79 Å². The van der Waals surface area contributed by atoms with Gasteiger partial charge >= 0.3 is 5.97 Å². The van der Waals surface area contributed by atoms with Crippen molar-refractivity contribution in [1.82, 2.24) is 0 Å². The molecule has 0 atom stereocenters. The van der Waals surface area contributed by atoms with Crippen molar-refractivity contribution in [2.75, 3.05) is 0 Å². The highest BCUT2D eigenvalue weighted by Crippen LogP contribution is 2.24. The molecule has 0 saturated heterocycles. The van der Waals surface area contributed by atoms with Crippen LogP contribution in [0.2, 0.25) is 10.0 Å². The Kier molecular flexibility index (Phi) is 3.49. The molecule has 0 radical (unpaired) electrons. The van der Waals surface area contributed by atoms with Gasteiger partial charge in [-0.05, 0) is 18.2 Å². The van der Waals surface area contributed by atoms with Crippen LogP contribution in [0.25, 0.3) is 0 Å². The maximum atomic E-state index is 12.2. The van der Waals surface area contributed by atoms with Crippen molar-refractivity contribution in [2.24, 2.45) is 0 Å². The summed E-state index contributed by atoms with van der Waals surface area (Å²) in [5.74, 6) is -2.27. The molecule has 0 N–H and O–H groups in total. The van der Waals surface area contributed by atoms with E-state index in [4.69, 9.17) is 23.2 Å². The summed E-state index contributed by atoms with van der Waals surface area (Å²) in [6.07, 6.45) is 0. The summed E-state index contributed by atoms with van der Waals surface area (Å²) in [5, 5.41) is 0.592. The lowest BCUT2D eigenvalue weighted by Crippen LogP contribution is -2.07. The molecule has 0 amide bonds. The van der Waals surface area contributed by atoms with Crippen molar-refractivity contribution in [2.45, 2.75) is 0 Å². The van der Waals surface area contributed by atoms with E-state index in [0.717, 1.165) is 0 Å². The van der Waals surface area contributed by atoms with Gasteiger partial charge in [-0.25, -0.2) is 4.79 Å². The lowest BCUT2D eigenvalue weighted by Gasteiger charge is -2.02. The van der Waals surface area contributed by atoms with E-state index in [1.54, 1.807) is 0 Å². The van der Waals surface area contributed by atoms with Crippen LogP contribution in [0, 0.1) is 0 Å². The third kappa shape index (κ3) is 3.01. The maximum absolute atomic E-state index is 12.2. The van der Waals surface area contributed by atoms with E-state index in [1.807, 2.05) is 0 Å². The summed E-state index contributed by atoms with van der Waals surface area (Å²) in [7, 11) is 0. The Hall–Kier alpha value is -1.06. The highest BCUT2D eigenvalue weighted by atomic mass is 35.5. The highest BCUT2D eigenvalue weighted by Gasteiger charge is 2.09. The number of ether oxygens (including phenoxy) is 1. The van der Waals surface area contributed by atoms with E-state index < -0.39 is 11.8 Å². The van der Waals surface area contributed by atoms with Crippen LogP contribution in [0.1, 0.15) is 0 Å². The lowest BCUT2D eigenvalue weighted by molar-refractivity contribution is -0.131. The molecule has 2 nitrogen and oxygen atoms in total. The van der Waals surface area contributed by atoms with Crippen molar-refractivity contribution in [3.05, 3.63) is 40.7 Å². The second-order valence-electron chi connectivity index (χ2n) is 2.40. The molecule has 0 unspecified atom stereocenters. The Morgan fingerprint density at radius 3 is 2.21 bits per heavy atom. The van der Waals surface area contributed by atoms with Gasteiger partial charge in [-0.1, -0.05) is 29.8 Å². The average Bonchev–Trinajstić information content (AvgIpc) is 2.01. The summed E-state index contributed by atoms with van der Waals surface area (Å²) in [6.45, 7) is 2.79. The molecule has 0 aliphatic heterocycles. The largest absolute Gasteiger partial charge is 0.421 e. The molecule has 0 saturated carbocycles. The normalized spacial score (nSPS) is 9.64. The smallest absolute Gasteiger partial charge is 0.371 e. The fourth-order valence-electron chi connectivity index (χ4n) is 0.750. The maximum Gasteiger partial charge on any atom is 0.371 e. The number of carbonyl (C=O) groups excluding carboxylic acids is 1. The zero-order valence-corrected chi connectivity index (χ0v) is 8.40. The molecule has 14 heavy (non-hydrogen) atoms. The first-order valence-corrected chi connectivity index (χ1v) is 4.27. The van der Waals surface area contributed by atoms with Crippen molar-refractivity contribution in [1.29, 1.82) is 0 Å². The molecule has 1 aromatic rings. The number of carbonyl (C=O) groups is 1. The minimum Gasteiger partial charge on any atom is -0.421 e. The number of benzene rings is 1. The Balaban J connectivity index is 2.87. The molecule has 0 fully saturated rings. The van der Waals surface area contributed by atoms with Gasteiger partial charge < -0.3 is 4.74 Å². The van der Waals surface area contributed by atoms with Crippen molar-refractivity contribution in [3.63, 3.8) is 0 Å². The minimum absolute atomic E-state index is 0.0753. The van der Waals surface area contributed by atoms with E-state index in [2.05, 4.69) is 11.3 Å². The van der Waals surface area contributed by atoms with Gasteiger partial charge in [-0.2, -0.15) is 4.39 Å². The van der Waals surface area contributed by atoms with Crippen molar-refractivity contribution < 1.29 is 13.9 Å². The fraction of sp³-hybridized carbons (Fsp3) is 0. The molecular weight excluding hydrogens is 230 g/mol. The van der Waals surface area contributed by atoms with Crippen LogP contribution >= 0.6 is 23.2 Å². The number of hydrogen-bond donors (Lipinski definition) is 0. The van der Waals surface area contributed by atoms with Crippen molar-refractivity contribution >= 4 is 29.2 Å². The van der Waals surface area contributed by atoms with E-state index in [1.165, 1.54) is 18.2 Å². The molecule has 0 heterocycles. The first-order chi connectivity index (χ1) is 6.49. The summed E-state index contributed by atoms with van der Waals surface area (Å²) >= 11 is 11.2. The predicted octanol–water partition coefficient (Wildman–Crippen LogP) is 3.38. The van der Waals surface area contributed by atoms with Crippen LogP contribution in [0.15, 0.2) is 30.6 Å². The summed E-state index contributed by atoms with van der Waals surface area (Å²) in [4.78, 5) is 10.8. The highest BCUT2D eigenvalue weighted by molar-refractivity contribution is 6.34. The average molecular weight is 235 g/mol. The van der Waals surface area contributed by atoms with Gasteiger partial charge in [0.25, 0.3) is 0 Å². The second-order valence-corrected chi connectivity index (χ2v) is 3.27. The van der Waals surface area contributed by atoms with Crippen LogP contribution in [0.5, 0.6) is 5.75 Å². The zero-order valence-electron chi connectivity index (χ0n) is 6.89. The minimum atomic E-state index is -1.18. The molecular formula is C9H5Cl2FO2. The van der Waals surface area contributed by atoms with Gasteiger partial charge in [-0.3, -0.25) is 0 Å². The second kappa shape index (κ2) is 4.44. The quantitative estimate of drug-likeness (QED) is 0.446. The fourth-order valence-corrected chi connectivity index (χ4v) is 1.26. The third-order valence-electron chi connectivity index (χ3n) is 1.27. The SMILES string of the molecule is C=C(F)C(=O)Oc1cc(Cl)cc(Cl)c1. The number of halogens is 3. The van der Waals surface area contributed by atoms with Crippen LogP contribution in [0.3, 0.4) is 0 Å². The predicted molar refractivity (Wildman–Crippen MR) is 52.3 cm³/mol. The summed E-state index contributed by atoms with van der Waals surface area (Å²) < 4.78 is 16.8. The van der Waals surface area contributed by atoms with Crippen LogP contribution in [0.4, 0.5) is 4.39 Å². The van der Waals surface area contributed by atoms with E-state index in [-0.39, 0.29) is 5.75 Å². The van der Waals surface area contributed by atoms with E-state index >= 15 is 0 Å². The van der Waals surface area contributed by atoms with Crippen LogP contribution in [-0.4, -0.2) is 5.97 Å². The third-order valence-corrected chi connectivity index (χ3v) is 1.70. The molecule has 0 aromatic heterocycles. The molecule has 0 spiro atoms. The van der Waals surface area contributed by atoms with Gasteiger partial charge in [0.15, 0.2) is 0 Å². The van der Waals surface area contributed by atoms with Gasteiger partial charge in [0.2, 0.25) is 5.83 Å². The lowest BCUT2D eigenvalue weighted by atomic mass is 10.3. The molecule has 0 aliphatic rings. The molecule has 74 valence electrons. The zero-order chi connectivity index (χ0) is 10.7. The summed E-state index contributed by atoms with van der Waals surface area (Å²) in [5.41, 5.74) is 0. The van der Waals surface area contributed by atoms with Crippen LogP contribution < -0.4 is 4.74 Å². The number of esters is 1. The number of rotatable bonds is 2. The summed E-state index contributed by atoms with van der Waals surface area (Å²) in [6, 6.07) is 4.15. The molecule has 0 aliphatic carbocycles. The monoisotopic (exact) mass is 234 g/mol. The Labute approximate surface area is 89.9 Å². The molecule has 0 bridgehead atoms. The van der Waals surface area contributed by atoms with E-state index in [0.29, 0.717) is 10.0 Å². The Morgan fingerprint density at radius 1 is 1.29 bits per heavy atom. The Morgan fingerprint density at radius 2 is 1.79 bits per heavy atom. The molecule has 5 heteroatoms. The van der Waals surface area contributed by atoms with Crippen molar-refractivity contribution in [3.8, 4) is 5.75 Å². The van der Waals surface area contributed by atoms with Gasteiger partial charge in [0.05, 0.1) is 0 Å². The topological polar surface area (TPSA) is 26.3 Å².